The lowest BCUT2D eigenvalue weighted by molar-refractivity contribution is -0.122. The number of rotatable bonds is 5. The molecular weight excluding hydrogens is 453 g/mol. The van der Waals surface area contributed by atoms with Crippen LogP contribution in [0.1, 0.15) is 15.9 Å². The Hall–Kier alpha value is -2.30. The van der Waals surface area contributed by atoms with Gasteiger partial charge in [0.15, 0.2) is 0 Å². The van der Waals surface area contributed by atoms with Gasteiger partial charge in [0, 0.05) is 29.7 Å². The Morgan fingerprint density at radius 3 is 2.61 bits per heavy atom. The summed E-state index contributed by atoms with van der Waals surface area (Å²) in [6.45, 7) is 0.334. The predicted octanol–water partition coefficient (Wildman–Crippen LogP) is 1.64. The molecule has 2 aromatic rings. The molecule has 1 aliphatic rings. The van der Waals surface area contributed by atoms with Gasteiger partial charge in [0.2, 0.25) is 15.9 Å². The van der Waals surface area contributed by atoms with E-state index in [9.17, 15) is 22.4 Å². The van der Waals surface area contributed by atoms with Crippen molar-refractivity contribution in [3.8, 4) is 0 Å². The average Bonchev–Trinajstić information content (AvgIpc) is 2.68. The molecule has 1 aliphatic heterocycles. The zero-order valence-electron chi connectivity index (χ0n) is 14.6. The maximum atomic E-state index is 13.3. The number of piperazine rings is 1. The molecule has 0 radical (unpaired) electrons. The normalized spacial score (nSPS) is 15.1. The van der Waals surface area contributed by atoms with Crippen LogP contribution in [0.25, 0.3) is 0 Å². The number of hydrogen-bond acceptors (Lipinski definition) is 4. The van der Waals surface area contributed by atoms with Crippen molar-refractivity contribution in [1.82, 2.24) is 14.9 Å². The van der Waals surface area contributed by atoms with Gasteiger partial charge in [-0.05, 0) is 48.0 Å². The minimum absolute atomic E-state index is 0.00613. The van der Waals surface area contributed by atoms with Crippen molar-refractivity contribution in [2.45, 2.75) is 11.4 Å². The molecule has 2 N–H and O–H groups in total. The van der Waals surface area contributed by atoms with E-state index in [1.807, 2.05) is 0 Å². The van der Waals surface area contributed by atoms with Gasteiger partial charge in [-0.15, -0.1) is 0 Å². The van der Waals surface area contributed by atoms with Gasteiger partial charge in [-0.1, -0.05) is 15.9 Å². The molecule has 10 heteroatoms. The molecule has 0 aromatic heterocycles. The van der Waals surface area contributed by atoms with Crippen molar-refractivity contribution in [2.75, 3.05) is 19.6 Å². The smallest absolute Gasteiger partial charge is 0.251 e. The van der Waals surface area contributed by atoms with Crippen LogP contribution in [0.15, 0.2) is 51.8 Å². The molecule has 0 spiro atoms. The first-order valence-corrected chi connectivity index (χ1v) is 10.6. The molecule has 2 amide bonds. The van der Waals surface area contributed by atoms with Crippen LogP contribution in [0, 0.1) is 5.82 Å². The molecule has 1 fully saturated rings. The van der Waals surface area contributed by atoms with E-state index in [0.29, 0.717) is 10.0 Å². The zero-order valence-corrected chi connectivity index (χ0v) is 17.0. The SMILES string of the molecule is O=C1CN(S(=O)(=O)c2ccc(C(=O)NCc3cc(F)ccc3Br)cc2)CCN1. The first-order chi connectivity index (χ1) is 13.3. The van der Waals surface area contributed by atoms with E-state index in [1.54, 1.807) is 6.07 Å². The summed E-state index contributed by atoms with van der Waals surface area (Å²) in [5.41, 5.74) is 0.846. The van der Waals surface area contributed by atoms with Gasteiger partial charge in [0.05, 0.1) is 11.4 Å². The Morgan fingerprint density at radius 2 is 1.93 bits per heavy atom. The standard InChI is InChI=1S/C18H17BrFN3O4S/c19-16-6-3-14(20)9-13(16)10-22-18(25)12-1-4-15(5-2-12)28(26,27)23-8-7-21-17(24)11-23/h1-6,9H,7-8,10-11H2,(H,21,24)(H,22,25). The molecule has 0 bridgehead atoms. The van der Waals surface area contributed by atoms with Crippen LogP contribution in [-0.2, 0) is 21.4 Å². The number of amides is 2. The highest BCUT2D eigenvalue weighted by molar-refractivity contribution is 9.10. The number of halogens is 2. The number of carbonyl (C=O) groups excluding carboxylic acids is 2. The summed E-state index contributed by atoms with van der Waals surface area (Å²) >= 11 is 3.29. The Labute approximate surface area is 170 Å². The molecule has 7 nitrogen and oxygen atoms in total. The fourth-order valence-corrected chi connectivity index (χ4v) is 4.49. The van der Waals surface area contributed by atoms with Crippen molar-refractivity contribution in [3.63, 3.8) is 0 Å². The molecule has 0 saturated carbocycles. The number of carbonyl (C=O) groups is 2. The number of benzene rings is 2. The first kappa shape index (κ1) is 20.4. The number of hydrogen-bond donors (Lipinski definition) is 2. The van der Waals surface area contributed by atoms with E-state index >= 15 is 0 Å². The van der Waals surface area contributed by atoms with Crippen molar-refractivity contribution < 1.29 is 22.4 Å². The van der Waals surface area contributed by atoms with Gasteiger partial charge in [-0.25, -0.2) is 12.8 Å². The fourth-order valence-electron chi connectivity index (χ4n) is 2.70. The Bertz CT molecular complexity index is 1010. The maximum absolute atomic E-state index is 13.3. The van der Waals surface area contributed by atoms with Crippen LogP contribution in [0.4, 0.5) is 4.39 Å². The van der Waals surface area contributed by atoms with Crippen LogP contribution in [0.2, 0.25) is 0 Å². The van der Waals surface area contributed by atoms with Gasteiger partial charge in [0.1, 0.15) is 5.82 Å². The molecule has 0 unspecified atom stereocenters. The minimum atomic E-state index is -3.81. The summed E-state index contributed by atoms with van der Waals surface area (Å²) in [4.78, 5) is 23.7. The quantitative estimate of drug-likeness (QED) is 0.695. The largest absolute Gasteiger partial charge is 0.354 e. The highest BCUT2D eigenvalue weighted by Gasteiger charge is 2.29. The lowest BCUT2D eigenvalue weighted by Gasteiger charge is -2.25. The molecule has 0 atom stereocenters. The van der Waals surface area contributed by atoms with Crippen LogP contribution in [-0.4, -0.2) is 44.2 Å². The van der Waals surface area contributed by atoms with Crippen molar-refractivity contribution in [3.05, 3.63) is 63.9 Å². The van der Waals surface area contributed by atoms with Crippen molar-refractivity contribution in [1.29, 1.82) is 0 Å². The van der Waals surface area contributed by atoms with E-state index < -0.39 is 21.7 Å². The summed E-state index contributed by atoms with van der Waals surface area (Å²) < 4.78 is 40.3. The Morgan fingerprint density at radius 1 is 1.21 bits per heavy atom. The third-order valence-corrected chi connectivity index (χ3v) is 6.84. The lowest BCUT2D eigenvalue weighted by atomic mass is 10.2. The lowest BCUT2D eigenvalue weighted by Crippen LogP contribution is -2.49. The molecule has 1 heterocycles. The molecule has 3 rings (SSSR count). The summed E-state index contributed by atoms with van der Waals surface area (Å²) in [7, 11) is -3.81. The molecular formula is C18H17BrFN3O4S. The first-order valence-electron chi connectivity index (χ1n) is 8.36. The van der Waals surface area contributed by atoms with E-state index in [4.69, 9.17) is 0 Å². The molecule has 1 saturated heterocycles. The fraction of sp³-hybridized carbons (Fsp3) is 0.222. The third kappa shape index (κ3) is 4.57. The number of nitrogens with zero attached hydrogens (tertiary/aromatic N) is 1. The Kier molecular flexibility index (Phi) is 6.11. The van der Waals surface area contributed by atoms with Crippen LogP contribution < -0.4 is 10.6 Å². The number of sulfonamides is 1. The summed E-state index contributed by atoms with van der Waals surface area (Å²) in [5.74, 6) is -1.18. The average molecular weight is 470 g/mol. The molecule has 2 aromatic carbocycles. The molecule has 28 heavy (non-hydrogen) atoms. The summed E-state index contributed by atoms with van der Waals surface area (Å²) in [6, 6.07) is 9.62. The second-order valence-electron chi connectivity index (χ2n) is 6.13. The van der Waals surface area contributed by atoms with Gasteiger partial charge >= 0.3 is 0 Å². The minimum Gasteiger partial charge on any atom is -0.354 e. The highest BCUT2D eigenvalue weighted by atomic mass is 79.9. The van der Waals surface area contributed by atoms with Crippen molar-refractivity contribution in [2.24, 2.45) is 0 Å². The Balaban J connectivity index is 1.68. The van der Waals surface area contributed by atoms with E-state index in [1.165, 1.54) is 36.4 Å². The molecule has 148 valence electrons. The van der Waals surface area contributed by atoms with E-state index in [0.717, 1.165) is 4.31 Å². The van der Waals surface area contributed by atoms with Gasteiger partial charge in [-0.3, -0.25) is 9.59 Å². The van der Waals surface area contributed by atoms with Gasteiger partial charge < -0.3 is 10.6 Å². The second-order valence-corrected chi connectivity index (χ2v) is 8.92. The zero-order chi connectivity index (χ0) is 20.3. The van der Waals surface area contributed by atoms with E-state index in [2.05, 4.69) is 26.6 Å². The molecule has 0 aliphatic carbocycles. The van der Waals surface area contributed by atoms with E-state index in [-0.39, 0.29) is 42.5 Å². The second kappa shape index (κ2) is 8.38. The van der Waals surface area contributed by atoms with Gasteiger partial charge in [0.25, 0.3) is 5.91 Å². The third-order valence-electron chi connectivity index (χ3n) is 4.20. The topological polar surface area (TPSA) is 95.6 Å². The summed E-state index contributed by atoms with van der Waals surface area (Å²) in [6.07, 6.45) is 0. The summed E-state index contributed by atoms with van der Waals surface area (Å²) in [5, 5.41) is 5.23. The van der Waals surface area contributed by atoms with Crippen LogP contribution in [0.5, 0.6) is 0 Å². The highest BCUT2D eigenvalue weighted by Crippen LogP contribution is 2.19. The van der Waals surface area contributed by atoms with Crippen LogP contribution in [0.3, 0.4) is 0 Å². The van der Waals surface area contributed by atoms with Crippen molar-refractivity contribution >= 4 is 37.8 Å². The van der Waals surface area contributed by atoms with Crippen LogP contribution >= 0.6 is 15.9 Å². The predicted molar refractivity (Wildman–Crippen MR) is 103 cm³/mol. The number of nitrogens with one attached hydrogen (secondary N) is 2. The monoisotopic (exact) mass is 469 g/mol. The maximum Gasteiger partial charge on any atom is 0.251 e. The van der Waals surface area contributed by atoms with Gasteiger partial charge in [-0.2, -0.15) is 4.31 Å².